The third-order valence-electron chi connectivity index (χ3n) is 3.90. The first-order chi connectivity index (χ1) is 10.1. The molecule has 110 valence electrons. The first kappa shape index (κ1) is 13.6. The number of benzene rings is 1. The summed E-state index contributed by atoms with van der Waals surface area (Å²) in [4.78, 5) is 15.5. The van der Waals surface area contributed by atoms with Crippen molar-refractivity contribution in [3.05, 3.63) is 41.2 Å². The number of fused-ring (bicyclic) bond motifs is 1. The van der Waals surface area contributed by atoms with Gasteiger partial charge in [-0.25, -0.2) is 4.68 Å². The zero-order valence-electron chi connectivity index (χ0n) is 11.4. The molecular weight excluding hydrogens is 270 g/mol. The molecule has 21 heavy (non-hydrogen) atoms. The molecule has 2 unspecified atom stereocenters. The van der Waals surface area contributed by atoms with Crippen molar-refractivity contribution in [2.45, 2.75) is 31.3 Å². The molecule has 0 spiro atoms. The van der Waals surface area contributed by atoms with Crippen LogP contribution in [0.25, 0.3) is 0 Å². The topological polar surface area (TPSA) is 120 Å². The van der Waals surface area contributed by atoms with Crippen LogP contribution in [0.3, 0.4) is 0 Å². The van der Waals surface area contributed by atoms with E-state index in [2.05, 4.69) is 10.1 Å². The quantitative estimate of drug-likeness (QED) is 0.763. The molecule has 0 aliphatic carbocycles. The van der Waals surface area contributed by atoms with Crippen LogP contribution in [0.2, 0.25) is 0 Å². The maximum atomic E-state index is 11.5. The van der Waals surface area contributed by atoms with Gasteiger partial charge in [-0.15, -0.1) is 5.10 Å². The maximum Gasteiger partial charge on any atom is 0.314 e. The Morgan fingerprint density at radius 1 is 1.48 bits per heavy atom. The van der Waals surface area contributed by atoms with Crippen molar-refractivity contribution >= 4 is 11.9 Å². The van der Waals surface area contributed by atoms with E-state index in [-0.39, 0.29) is 11.9 Å². The SMILES string of the molecule is NCc1cccc(C2CC(C(=O)O)c3nc(N)nn3C2)c1. The van der Waals surface area contributed by atoms with E-state index in [1.54, 1.807) is 4.68 Å². The van der Waals surface area contributed by atoms with Crippen molar-refractivity contribution in [3.8, 4) is 0 Å². The van der Waals surface area contributed by atoms with Crippen LogP contribution >= 0.6 is 0 Å². The molecular formula is C14H17N5O2. The first-order valence-electron chi connectivity index (χ1n) is 6.80. The molecule has 0 bridgehead atoms. The highest BCUT2D eigenvalue weighted by atomic mass is 16.4. The summed E-state index contributed by atoms with van der Waals surface area (Å²) < 4.78 is 1.61. The lowest BCUT2D eigenvalue weighted by Crippen LogP contribution is -2.28. The van der Waals surface area contributed by atoms with Crippen LogP contribution in [0, 0.1) is 0 Å². The molecule has 1 aliphatic heterocycles. The summed E-state index contributed by atoms with van der Waals surface area (Å²) in [5, 5.41) is 13.5. The molecule has 0 fully saturated rings. The van der Waals surface area contributed by atoms with E-state index in [1.807, 2.05) is 24.3 Å². The van der Waals surface area contributed by atoms with Gasteiger partial charge < -0.3 is 16.6 Å². The molecule has 2 heterocycles. The number of nitrogens with zero attached hydrogens (tertiary/aromatic N) is 3. The third kappa shape index (κ3) is 2.47. The number of carbonyl (C=O) groups is 1. The molecule has 3 rings (SSSR count). The minimum atomic E-state index is -0.900. The van der Waals surface area contributed by atoms with Crippen LogP contribution in [0.5, 0.6) is 0 Å². The van der Waals surface area contributed by atoms with Gasteiger partial charge in [-0.05, 0) is 17.5 Å². The minimum absolute atomic E-state index is 0.0613. The van der Waals surface area contributed by atoms with Crippen molar-refractivity contribution in [2.24, 2.45) is 5.73 Å². The number of carboxylic acids is 1. The standard InChI is InChI=1S/C14H17N5O2/c15-6-8-2-1-3-9(4-8)10-5-11(13(20)21)12-17-14(16)18-19(12)7-10/h1-4,10-11H,5-7,15H2,(H2,16,18)(H,20,21). The molecule has 7 heteroatoms. The Hall–Kier alpha value is -2.41. The second-order valence-electron chi connectivity index (χ2n) is 5.28. The lowest BCUT2D eigenvalue weighted by Gasteiger charge is -2.27. The van der Waals surface area contributed by atoms with Gasteiger partial charge in [0.2, 0.25) is 5.95 Å². The molecule has 7 nitrogen and oxygen atoms in total. The van der Waals surface area contributed by atoms with Crippen LogP contribution in [0.15, 0.2) is 24.3 Å². The summed E-state index contributed by atoms with van der Waals surface area (Å²) in [5.74, 6) is -0.969. The van der Waals surface area contributed by atoms with Gasteiger partial charge in [-0.2, -0.15) is 4.98 Å². The summed E-state index contributed by atoms with van der Waals surface area (Å²) >= 11 is 0. The van der Waals surface area contributed by atoms with Gasteiger partial charge in [0.05, 0.1) is 6.54 Å². The Morgan fingerprint density at radius 3 is 3.00 bits per heavy atom. The largest absolute Gasteiger partial charge is 0.481 e. The summed E-state index contributed by atoms with van der Waals surface area (Å²) in [5.41, 5.74) is 13.4. The fourth-order valence-corrected chi connectivity index (χ4v) is 2.86. The zero-order chi connectivity index (χ0) is 15.0. The van der Waals surface area contributed by atoms with E-state index in [0.29, 0.717) is 25.3 Å². The van der Waals surface area contributed by atoms with Crippen LogP contribution in [0.4, 0.5) is 5.95 Å². The smallest absolute Gasteiger partial charge is 0.314 e. The molecule has 1 aromatic carbocycles. The average Bonchev–Trinajstić information content (AvgIpc) is 2.86. The van der Waals surface area contributed by atoms with Crippen LogP contribution in [-0.2, 0) is 17.9 Å². The van der Waals surface area contributed by atoms with E-state index in [0.717, 1.165) is 11.1 Å². The van der Waals surface area contributed by atoms with Gasteiger partial charge in [-0.1, -0.05) is 24.3 Å². The van der Waals surface area contributed by atoms with Crippen molar-refractivity contribution in [3.63, 3.8) is 0 Å². The van der Waals surface area contributed by atoms with Crippen LogP contribution in [0.1, 0.15) is 35.2 Å². The fraction of sp³-hybridized carbons (Fsp3) is 0.357. The number of nitrogen functional groups attached to an aromatic ring is 1. The molecule has 0 amide bonds. The lowest BCUT2D eigenvalue weighted by molar-refractivity contribution is -0.139. The number of anilines is 1. The molecule has 5 N–H and O–H groups in total. The highest BCUT2D eigenvalue weighted by Crippen LogP contribution is 2.36. The predicted molar refractivity (Wildman–Crippen MR) is 76.5 cm³/mol. The van der Waals surface area contributed by atoms with Gasteiger partial charge in [0.25, 0.3) is 0 Å². The van der Waals surface area contributed by atoms with Crippen molar-refractivity contribution < 1.29 is 9.90 Å². The number of hydrogen-bond donors (Lipinski definition) is 3. The average molecular weight is 287 g/mol. The zero-order valence-corrected chi connectivity index (χ0v) is 11.4. The van der Waals surface area contributed by atoms with E-state index >= 15 is 0 Å². The third-order valence-corrected chi connectivity index (χ3v) is 3.90. The summed E-state index contributed by atoms with van der Waals surface area (Å²) in [6.45, 7) is 1.04. The van der Waals surface area contributed by atoms with E-state index in [4.69, 9.17) is 11.5 Å². The van der Waals surface area contributed by atoms with Crippen molar-refractivity contribution in [1.82, 2.24) is 14.8 Å². The summed E-state index contributed by atoms with van der Waals surface area (Å²) in [6, 6.07) is 7.92. The molecule has 2 atom stereocenters. The number of aromatic nitrogens is 3. The number of carboxylic acid groups (broad SMARTS) is 1. The molecule has 0 radical (unpaired) electrons. The Bertz CT molecular complexity index is 682. The number of nitrogens with two attached hydrogens (primary N) is 2. The highest BCUT2D eigenvalue weighted by molar-refractivity contribution is 5.75. The molecule has 2 aromatic rings. The van der Waals surface area contributed by atoms with Crippen molar-refractivity contribution in [1.29, 1.82) is 0 Å². The summed E-state index contributed by atoms with van der Waals surface area (Å²) in [6.07, 6.45) is 0.488. The molecule has 1 aliphatic rings. The minimum Gasteiger partial charge on any atom is -0.481 e. The maximum absolute atomic E-state index is 11.5. The van der Waals surface area contributed by atoms with Gasteiger partial charge in [-0.3, -0.25) is 4.79 Å². The second kappa shape index (κ2) is 5.17. The Balaban J connectivity index is 1.97. The molecule has 0 saturated carbocycles. The molecule has 0 saturated heterocycles. The van der Waals surface area contributed by atoms with E-state index in [9.17, 15) is 9.90 Å². The van der Waals surface area contributed by atoms with Gasteiger partial charge in [0, 0.05) is 12.5 Å². The lowest BCUT2D eigenvalue weighted by atomic mass is 9.85. The Labute approximate surface area is 121 Å². The van der Waals surface area contributed by atoms with E-state index < -0.39 is 11.9 Å². The number of aliphatic carboxylic acids is 1. The summed E-state index contributed by atoms with van der Waals surface area (Å²) in [7, 11) is 0. The second-order valence-corrected chi connectivity index (χ2v) is 5.28. The van der Waals surface area contributed by atoms with Gasteiger partial charge >= 0.3 is 5.97 Å². The normalized spacial score (nSPS) is 21.0. The van der Waals surface area contributed by atoms with Crippen LogP contribution < -0.4 is 11.5 Å². The fourth-order valence-electron chi connectivity index (χ4n) is 2.86. The monoisotopic (exact) mass is 287 g/mol. The molecule has 1 aromatic heterocycles. The van der Waals surface area contributed by atoms with E-state index in [1.165, 1.54) is 0 Å². The van der Waals surface area contributed by atoms with Crippen LogP contribution in [-0.4, -0.2) is 25.8 Å². The van der Waals surface area contributed by atoms with Crippen molar-refractivity contribution in [2.75, 3.05) is 5.73 Å². The highest BCUT2D eigenvalue weighted by Gasteiger charge is 2.35. The predicted octanol–water partition coefficient (Wildman–Crippen LogP) is 0.675. The Kier molecular flexibility index (Phi) is 3.34. The number of rotatable bonds is 3. The Morgan fingerprint density at radius 2 is 2.29 bits per heavy atom. The number of hydrogen-bond acceptors (Lipinski definition) is 5. The van der Waals surface area contributed by atoms with Gasteiger partial charge in [0.1, 0.15) is 11.7 Å². The first-order valence-corrected chi connectivity index (χ1v) is 6.80. The van der Waals surface area contributed by atoms with Gasteiger partial charge in [0.15, 0.2) is 0 Å².